The van der Waals surface area contributed by atoms with Crippen LogP contribution in [0.2, 0.25) is 0 Å². The maximum absolute atomic E-state index is 4.49. The molecule has 0 aliphatic carbocycles. The molecule has 0 bridgehead atoms. The Morgan fingerprint density at radius 1 is 1.08 bits per heavy atom. The molecule has 0 radical (unpaired) electrons. The summed E-state index contributed by atoms with van der Waals surface area (Å²) in [5, 5.41) is 3.44. The molecule has 2 nitrogen and oxygen atoms in total. The van der Waals surface area contributed by atoms with Crippen molar-refractivity contribution in [3.05, 3.63) is 0 Å². The van der Waals surface area contributed by atoms with E-state index in [-0.39, 0.29) is 11.1 Å². The van der Waals surface area contributed by atoms with Crippen molar-refractivity contribution in [3.63, 3.8) is 0 Å². The number of rotatable bonds is 3. The molecule has 78 valence electrons. The maximum atomic E-state index is 4.49. The van der Waals surface area contributed by atoms with Crippen LogP contribution in [0.5, 0.6) is 0 Å². The quantitative estimate of drug-likeness (QED) is 0.670. The third-order valence-electron chi connectivity index (χ3n) is 1.44. The molecule has 0 atom stereocenters. The summed E-state index contributed by atoms with van der Waals surface area (Å²) < 4.78 is 0. The Labute approximate surface area is 82.8 Å². The summed E-state index contributed by atoms with van der Waals surface area (Å²) in [6, 6.07) is 0.487. The number of hydrogen-bond donors (Lipinski definition) is 1. The van der Waals surface area contributed by atoms with E-state index in [9.17, 15) is 0 Å². The molecule has 0 aromatic carbocycles. The van der Waals surface area contributed by atoms with Gasteiger partial charge in [-0.1, -0.05) is 13.8 Å². The zero-order valence-electron chi connectivity index (χ0n) is 10.1. The second-order valence-electron chi connectivity index (χ2n) is 5.45. The van der Waals surface area contributed by atoms with E-state index in [1.165, 1.54) is 0 Å². The number of aliphatic imine (C=N–C) groups is 1. The van der Waals surface area contributed by atoms with Gasteiger partial charge in [-0.3, -0.25) is 4.99 Å². The lowest BCUT2D eigenvalue weighted by Crippen LogP contribution is -2.45. The fraction of sp³-hybridized carbons (Fsp3) is 0.909. The summed E-state index contributed by atoms with van der Waals surface area (Å²) in [4.78, 5) is 4.49. The second-order valence-corrected chi connectivity index (χ2v) is 5.45. The van der Waals surface area contributed by atoms with Gasteiger partial charge in [-0.25, -0.2) is 0 Å². The van der Waals surface area contributed by atoms with Gasteiger partial charge in [-0.05, 0) is 34.6 Å². The summed E-state index contributed by atoms with van der Waals surface area (Å²) in [7, 11) is 0. The lowest BCUT2D eigenvalue weighted by Gasteiger charge is -2.26. The van der Waals surface area contributed by atoms with E-state index in [0.717, 1.165) is 0 Å². The van der Waals surface area contributed by atoms with Crippen LogP contribution in [-0.2, 0) is 0 Å². The first-order valence-corrected chi connectivity index (χ1v) is 4.96. The van der Waals surface area contributed by atoms with Crippen molar-refractivity contribution in [2.24, 2.45) is 4.99 Å². The molecule has 1 N–H and O–H groups in total. The highest BCUT2D eigenvalue weighted by molar-refractivity contribution is 5.69. The summed E-state index contributed by atoms with van der Waals surface area (Å²) in [6.07, 6.45) is 2.01. The zero-order chi connectivity index (χ0) is 10.7. The zero-order valence-corrected chi connectivity index (χ0v) is 10.1. The van der Waals surface area contributed by atoms with E-state index in [2.05, 4.69) is 58.8 Å². The largest absolute Gasteiger partial charge is 0.305 e. The predicted molar refractivity (Wildman–Crippen MR) is 60.6 cm³/mol. The molecular weight excluding hydrogens is 160 g/mol. The van der Waals surface area contributed by atoms with Gasteiger partial charge in [0.05, 0.1) is 5.54 Å². The molecule has 0 spiro atoms. The average Bonchev–Trinajstić information content (AvgIpc) is 1.79. The third kappa shape index (κ3) is 7.97. The first-order valence-electron chi connectivity index (χ1n) is 4.96. The molecular formula is C11H24N2. The molecule has 0 aliphatic heterocycles. The first kappa shape index (κ1) is 12.6. The highest BCUT2D eigenvalue weighted by atomic mass is 15.0. The van der Waals surface area contributed by atoms with Crippen molar-refractivity contribution in [1.29, 1.82) is 0 Å². The van der Waals surface area contributed by atoms with Crippen LogP contribution in [0.1, 0.15) is 48.5 Å². The van der Waals surface area contributed by atoms with Crippen molar-refractivity contribution in [3.8, 4) is 0 Å². The Kier molecular flexibility index (Phi) is 4.11. The number of hydrogen-bond acceptors (Lipinski definition) is 2. The van der Waals surface area contributed by atoms with Gasteiger partial charge in [-0.2, -0.15) is 0 Å². The van der Waals surface area contributed by atoms with Gasteiger partial charge in [0.15, 0.2) is 0 Å². The summed E-state index contributed by atoms with van der Waals surface area (Å²) in [6.45, 7) is 14.9. The van der Waals surface area contributed by atoms with Gasteiger partial charge in [0.2, 0.25) is 0 Å². The normalized spacial score (nSPS) is 14.5. The Hall–Kier alpha value is -0.370. The maximum Gasteiger partial charge on any atom is 0.0521 e. The molecule has 0 unspecified atom stereocenters. The van der Waals surface area contributed by atoms with Crippen LogP contribution in [0.4, 0.5) is 0 Å². The van der Waals surface area contributed by atoms with E-state index in [1.807, 2.05) is 6.21 Å². The summed E-state index contributed by atoms with van der Waals surface area (Å²) in [5.74, 6) is 0. The Balaban J connectivity index is 4.24. The fourth-order valence-corrected chi connectivity index (χ4v) is 1.14. The van der Waals surface area contributed by atoms with Crippen LogP contribution in [0.15, 0.2) is 4.99 Å². The molecule has 0 fully saturated rings. The standard InChI is InChI=1S/C11H24N2/c1-9(2)13-11(6,7)8-12-10(3,4)5/h8-9,13H,1-7H3/b12-8+. The molecule has 0 aromatic rings. The second kappa shape index (κ2) is 4.23. The SMILES string of the molecule is CC(C)NC(C)(C)/C=N/C(C)(C)C. The average molecular weight is 184 g/mol. The Bertz CT molecular complexity index is 173. The molecule has 0 rings (SSSR count). The molecule has 0 amide bonds. The van der Waals surface area contributed by atoms with Crippen LogP contribution in [0.3, 0.4) is 0 Å². The van der Waals surface area contributed by atoms with E-state index in [4.69, 9.17) is 0 Å². The van der Waals surface area contributed by atoms with Gasteiger partial charge < -0.3 is 5.32 Å². The Morgan fingerprint density at radius 3 is 1.85 bits per heavy atom. The van der Waals surface area contributed by atoms with Crippen molar-refractivity contribution >= 4 is 6.21 Å². The molecule has 0 aliphatic rings. The minimum absolute atomic E-state index is 0.0125. The van der Waals surface area contributed by atoms with E-state index < -0.39 is 0 Å². The smallest absolute Gasteiger partial charge is 0.0521 e. The van der Waals surface area contributed by atoms with Crippen LogP contribution in [0, 0.1) is 0 Å². The van der Waals surface area contributed by atoms with Gasteiger partial charge >= 0.3 is 0 Å². The minimum Gasteiger partial charge on any atom is -0.305 e. The van der Waals surface area contributed by atoms with Gasteiger partial charge in [0.25, 0.3) is 0 Å². The van der Waals surface area contributed by atoms with Crippen LogP contribution >= 0.6 is 0 Å². The third-order valence-corrected chi connectivity index (χ3v) is 1.44. The Morgan fingerprint density at radius 2 is 1.54 bits per heavy atom. The molecule has 13 heavy (non-hydrogen) atoms. The highest BCUT2D eigenvalue weighted by Gasteiger charge is 2.16. The van der Waals surface area contributed by atoms with Crippen LogP contribution in [0.25, 0.3) is 0 Å². The summed E-state index contributed by atoms with van der Waals surface area (Å²) in [5.41, 5.74) is 0.0113. The monoisotopic (exact) mass is 184 g/mol. The van der Waals surface area contributed by atoms with E-state index in [0.29, 0.717) is 6.04 Å². The first-order chi connectivity index (χ1) is 5.62. The molecule has 0 saturated carbocycles. The van der Waals surface area contributed by atoms with Gasteiger partial charge in [-0.15, -0.1) is 0 Å². The molecule has 0 heterocycles. The fourth-order valence-electron chi connectivity index (χ4n) is 1.14. The van der Waals surface area contributed by atoms with Crippen molar-refractivity contribution < 1.29 is 0 Å². The number of nitrogens with zero attached hydrogens (tertiary/aromatic N) is 1. The highest BCUT2D eigenvalue weighted by Crippen LogP contribution is 2.08. The van der Waals surface area contributed by atoms with Crippen LogP contribution < -0.4 is 5.32 Å². The molecule has 0 aromatic heterocycles. The molecule has 0 saturated heterocycles. The topological polar surface area (TPSA) is 24.4 Å². The van der Waals surface area contributed by atoms with Crippen LogP contribution in [-0.4, -0.2) is 23.3 Å². The van der Waals surface area contributed by atoms with E-state index >= 15 is 0 Å². The number of nitrogens with one attached hydrogen (secondary N) is 1. The lowest BCUT2D eigenvalue weighted by molar-refractivity contribution is 0.453. The van der Waals surface area contributed by atoms with Crippen molar-refractivity contribution in [2.75, 3.05) is 0 Å². The summed E-state index contributed by atoms with van der Waals surface area (Å²) >= 11 is 0. The molecule has 2 heteroatoms. The lowest BCUT2D eigenvalue weighted by atomic mass is 10.0. The minimum atomic E-state index is -0.0125. The van der Waals surface area contributed by atoms with Gasteiger partial charge in [0, 0.05) is 17.8 Å². The van der Waals surface area contributed by atoms with Crippen molar-refractivity contribution in [2.45, 2.75) is 65.6 Å². The van der Waals surface area contributed by atoms with Crippen molar-refractivity contribution in [1.82, 2.24) is 5.32 Å². The predicted octanol–water partition coefficient (Wildman–Crippen LogP) is 2.63. The van der Waals surface area contributed by atoms with E-state index in [1.54, 1.807) is 0 Å². The van der Waals surface area contributed by atoms with Gasteiger partial charge in [0.1, 0.15) is 0 Å².